The minimum Gasteiger partial charge on any atom is -0.464 e. The average molecular weight is 626 g/mol. The summed E-state index contributed by atoms with van der Waals surface area (Å²) in [7, 11) is 1.75. The van der Waals surface area contributed by atoms with E-state index < -0.39 is 84.2 Å². The van der Waals surface area contributed by atoms with Gasteiger partial charge >= 0.3 is 48.0 Å². The van der Waals surface area contributed by atoms with E-state index in [9.17, 15) is 93.0 Å². The summed E-state index contributed by atoms with van der Waals surface area (Å²) < 4.78 is 233. The molecule has 23 heteroatoms. The number of esters is 2. The van der Waals surface area contributed by atoms with E-state index in [2.05, 4.69) is 9.47 Å². The van der Waals surface area contributed by atoms with Crippen molar-refractivity contribution in [2.75, 3.05) is 14.2 Å². The van der Waals surface area contributed by atoms with E-state index in [0.717, 1.165) is 14.2 Å². The summed E-state index contributed by atoms with van der Waals surface area (Å²) in [5, 5.41) is 0. The fourth-order valence-corrected chi connectivity index (χ4v) is 1.23. The van der Waals surface area contributed by atoms with Crippen LogP contribution in [-0.2, 0) is 19.1 Å². The van der Waals surface area contributed by atoms with Crippen molar-refractivity contribution in [1.82, 2.24) is 0 Å². The van der Waals surface area contributed by atoms with Crippen LogP contribution < -0.4 is 0 Å². The third kappa shape index (κ3) is 10.5. The first-order valence-corrected chi connectivity index (χ1v) is 8.19. The molecule has 0 aliphatic heterocycles. The molecule has 39 heavy (non-hydrogen) atoms. The minimum absolute atomic E-state index is 0.453. The van der Waals surface area contributed by atoms with Crippen molar-refractivity contribution < 1.29 is 102 Å². The highest BCUT2D eigenvalue weighted by Gasteiger charge is 2.88. The van der Waals surface area contributed by atoms with Crippen LogP contribution in [0.3, 0.4) is 0 Å². The van der Waals surface area contributed by atoms with Crippen molar-refractivity contribution in [2.45, 2.75) is 36.0 Å². The van der Waals surface area contributed by atoms with Gasteiger partial charge in [0, 0.05) is 0 Å². The second-order valence-corrected chi connectivity index (χ2v) is 5.73. The van der Waals surface area contributed by atoms with Crippen LogP contribution in [-0.4, -0.2) is 62.2 Å². The molecule has 0 amide bonds. The fraction of sp³-hybridized carbons (Fsp3) is 0.500. The lowest BCUT2D eigenvalue weighted by atomic mass is 9.97. The predicted molar refractivity (Wildman–Crippen MR) is 85.7 cm³/mol. The van der Waals surface area contributed by atoms with Gasteiger partial charge in [-0.25, -0.2) is 22.8 Å². The molecule has 0 saturated heterocycles. The summed E-state index contributed by atoms with van der Waals surface area (Å²) >= 11 is 0. The molecule has 0 radical (unpaired) electrons. The average Bonchev–Trinajstić information content (AvgIpc) is 2.80. The Balaban J connectivity index is -0.000000570. The van der Waals surface area contributed by atoms with Crippen molar-refractivity contribution in [2.24, 2.45) is 0 Å². The van der Waals surface area contributed by atoms with E-state index in [4.69, 9.17) is 0 Å². The molecule has 0 aliphatic rings. The van der Waals surface area contributed by atoms with E-state index in [1.807, 2.05) is 0 Å². The molecule has 0 aliphatic carbocycles. The van der Waals surface area contributed by atoms with Gasteiger partial charge in [-0.2, -0.15) is 70.2 Å². The number of methoxy groups -OCH3 is 2. The largest absolute Gasteiger partial charge is 0.464 e. The quantitative estimate of drug-likeness (QED) is 0.176. The lowest BCUT2D eigenvalue weighted by Gasteiger charge is -2.36. The highest BCUT2D eigenvalue weighted by atomic mass is 19.4. The van der Waals surface area contributed by atoms with Gasteiger partial charge in [0.05, 0.1) is 20.3 Å². The molecule has 230 valence electrons. The van der Waals surface area contributed by atoms with Gasteiger partial charge in [-0.1, -0.05) is 0 Å². The molecule has 0 spiro atoms. The summed E-state index contributed by atoms with van der Waals surface area (Å²) in [6, 6.07) is 0. The number of hydrogen-bond donors (Lipinski definition) is 0. The molecule has 0 unspecified atom stereocenters. The summed E-state index contributed by atoms with van der Waals surface area (Å²) in [5.74, 6) is -40.2. The molecule has 0 saturated carbocycles. The SMILES string of the molecule is COC(=O)/C(F)=C/C(F)(F)F.COC(=O)/C(F)=C/F.F/C=C(/F)C(F)(F)C(F)(F)C(F)(F)C(F)(F)C(F)(F)F. The zero-order chi connectivity index (χ0) is 32.4. The first-order valence-electron chi connectivity index (χ1n) is 8.19. The molecule has 4 nitrogen and oxygen atoms in total. The van der Waals surface area contributed by atoms with Crippen LogP contribution in [0.4, 0.5) is 83.4 Å². The molecule has 0 bridgehead atoms. The number of hydrogen-bond acceptors (Lipinski definition) is 4. The zero-order valence-corrected chi connectivity index (χ0v) is 18.0. The number of alkyl halides is 14. The van der Waals surface area contributed by atoms with E-state index >= 15 is 0 Å². The van der Waals surface area contributed by atoms with Gasteiger partial charge in [-0.05, 0) is 0 Å². The lowest BCUT2D eigenvalue weighted by molar-refractivity contribution is -0.419. The maximum Gasteiger partial charge on any atom is 0.460 e. The first-order chi connectivity index (χ1) is 17.1. The van der Waals surface area contributed by atoms with Crippen LogP contribution in [0.15, 0.2) is 36.2 Å². The molecule has 0 aromatic carbocycles. The molecular weight excluding hydrogens is 617 g/mol. The number of carbonyl (C=O) groups excluding carboxylic acids is 2. The summed E-state index contributed by atoms with van der Waals surface area (Å²) in [5.41, 5.74) is 0. The van der Waals surface area contributed by atoms with Crippen LogP contribution in [0.5, 0.6) is 0 Å². The molecule has 0 aromatic heterocycles. The molecule has 0 aromatic rings. The van der Waals surface area contributed by atoms with Gasteiger partial charge in [0.1, 0.15) is 12.7 Å². The second-order valence-electron chi connectivity index (χ2n) is 5.73. The summed E-state index contributed by atoms with van der Waals surface area (Å²) in [6.45, 7) is 0. The van der Waals surface area contributed by atoms with Crippen molar-refractivity contribution in [3.05, 3.63) is 36.2 Å². The van der Waals surface area contributed by atoms with E-state index in [0.29, 0.717) is 0 Å². The fourth-order valence-electron chi connectivity index (χ4n) is 1.23. The molecule has 0 heterocycles. The Bertz CT molecular complexity index is 911. The smallest absolute Gasteiger partial charge is 0.460 e. The maximum absolute atomic E-state index is 12.5. The molecular formula is C16H9F19O4. The number of carbonyl (C=O) groups is 2. The van der Waals surface area contributed by atoms with E-state index in [-0.39, 0.29) is 0 Å². The van der Waals surface area contributed by atoms with Crippen molar-refractivity contribution in [3.63, 3.8) is 0 Å². The van der Waals surface area contributed by atoms with Gasteiger partial charge in [0.2, 0.25) is 17.5 Å². The Morgan fingerprint density at radius 3 is 1.15 bits per heavy atom. The second kappa shape index (κ2) is 14.3. The maximum atomic E-state index is 12.5. The van der Waals surface area contributed by atoms with Gasteiger partial charge in [0.25, 0.3) is 0 Å². The number of rotatable bonds is 6. The molecule has 0 N–H and O–H groups in total. The standard InChI is InChI=1S/C7HF13.C5H4F4O2.C4H4F2O2/c8-1-2(9)3(10,11)4(12,13)5(14,15)6(16,17)7(18,19)20;1-11-4(10)3(6)2-5(7,8)9;1-8-4(7)3(6)2-5/h1H;2H,1H3;2H,1H3/b2-1+;2*3-2-. The van der Waals surface area contributed by atoms with Crippen LogP contribution >= 0.6 is 0 Å². The van der Waals surface area contributed by atoms with Crippen LogP contribution in [0, 0.1) is 0 Å². The van der Waals surface area contributed by atoms with Gasteiger partial charge in [0.15, 0.2) is 0 Å². The van der Waals surface area contributed by atoms with Gasteiger partial charge in [-0.15, -0.1) is 0 Å². The summed E-state index contributed by atoms with van der Waals surface area (Å²) in [6.07, 6.45) is -15.4. The van der Waals surface area contributed by atoms with Gasteiger partial charge < -0.3 is 9.47 Å². The Labute approximate surface area is 202 Å². The minimum atomic E-state index is -7.75. The zero-order valence-electron chi connectivity index (χ0n) is 18.0. The Hall–Kier alpha value is -3.17. The Morgan fingerprint density at radius 1 is 0.564 bits per heavy atom. The normalized spacial score (nSPS) is 14.4. The van der Waals surface area contributed by atoms with Crippen LogP contribution in [0.2, 0.25) is 0 Å². The van der Waals surface area contributed by atoms with Crippen LogP contribution in [0.1, 0.15) is 0 Å². The van der Waals surface area contributed by atoms with E-state index in [1.165, 1.54) is 0 Å². The van der Waals surface area contributed by atoms with Gasteiger partial charge in [-0.3, -0.25) is 0 Å². The highest BCUT2D eigenvalue weighted by Crippen LogP contribution is 2.58. The highest BCUT2D eigenvalue weighted by molar-refractivity contribution is 5.86. The predicted octanol–water partition coefficient (Wildman–Crippen LogP) is 7.39. The number of halogens is 19. The van der Waals surface area contributed by atoms with Crippen LogP contribution in [0.25, 0.3) is 0 Å². The monoisotopic (exact) mass is 626 g/mol. The van der Waals surface area contributed by atoms with Crippen molar-refractivity contribution in [1.29, 1.82) is 0 Å². The molecule has 0 fully saturated rings. The Kier molecular flexibility index (Phi) is 14.8. The lowest BCUT2D eigenvalue weighted by Crippen LogP contribution is -2.66. The number of ether oxygens (including phenoxy) is 2. The molecule has 0 atom stereocenters. The third-order valence-corrected chi connectivity index (χ3v) is 3.08. The van der Waals surface area contributed by atoms with E-state index in [1.54, 1.807) is 0 Å². The first kappa shape index (κ1) is 40.3. The number of allylic oxidation sites excluding steroid dienone is 2. The topological polar surface area (TPSA) is 52.6 Å². The summed E-state index contributed by atoms with van der Waals surface area (Å²) in [4.78, 5) is 19.9. The Morgan fingerprint density at radius 2 is 0.923 bits per heavy atom. The third-order valence-electron chi connectivity index (χ3n) is 3.08. The van der Waals surface area contributed by atoms with Crippen molar-refractivity contribution >= 4 is 11.9 Å². The molecule has 0 rings (SSSR count). The van der Waals surface area contributed by atoms with Crippen molar-refractivity contribution in [3.8, 4) is 0 Å².